The molecule has 10 nitrogen and oxygen atoms in total. The van der Waals surface area contributed by atoms with Crippen LogP contribution in [-0.2, 0) is 19.2 Å². The van der Waals surface area contributed by atoms with Gasteiger partial charge in [-0.05, 0) is 19.3 Å². The van der Waals surface area contributed by atoms with Gasteiger partial charge in [-0.1, -0.05) is 0 Å². The first-order valence-corrected chi connectivity index (χ1v) is 7.26. The quantitative estimate of drug-likeness (QED) is 0.317. The smallest absolute Gasteiger partial charge is 0.326 e. The molecule has 1 heterocycles. The van der Waals surface area contributed by atoms with Crippen LogP contribution in [0.15, 0.2) is 0 Å². The SMILES string of the molecule is NC(=O)CC[C@H](NC(=O)[C@@H](N)CO)C(=O)N1CCC[C@@H]1C(=O)O. The minimum Gasteiger partial charge on any atom is -0.480 e. The molecular formula is C13H22N4O6. The zero-order valence-corrected chi connectivity index (χ0v) is 12.6. The second-order valence-corrected chi connectivity index (χ2v) is 5.38. The lowest BCUT2D eigenvalue weighted by molar-refractivity contribution is -0.149. The van der Waals surface area contributed by atoms with Crippen LogP contribution in [0.3, 0.4) is 0 Å². The molecule has 0 saturated carbocycles. The number of primary amides is 1. The van der Waals surface area contributed by atoms with E-state index < -0.39 is 48.4 Å². The summed E-state index contributed by atoms with van der Waals surface area (Å²) in [5.41, 5.74) is 10.4. The number of carboxylic acids is 1. The van der Waals surface area contributed by atoms with Gasteiger partial charge in [0, 0.05) is 13.0 Å². The van der Waals surface area contributed by atoms with E-state index in [9.17, 15) is 19.2 Å². The van der Waals surface area contributed by atoms with E-state index in [0.29, 0.717) is 12.8 Å². The summed E-state index contributed by atoms with van der Waals surface area (Å²) < 4.78 is 0. The van der Waals surface area contributed by atoms with Crippen LogP contribution < -0.4 is 16.8 Å². The average molecular weight is 330 g/mol. The van der Waals surface area contributed by atoms with E-state index >= 15 is 0 Å². The third-order valence-corrected chi connectivity index (χ3v) is 3.65. The molecule has 1 aliphatic heterocycles. The molecule has 3 atom stereocenters. The summed E-state index contributed by atoms with van der Waals surface area (Å²) in [5.74, 6) is -3.14. The minimum absolute atomic E-state index is 0.0686. The standard InChI is InChI=1S/C13H22N4O6/c14-7(6-18)11(20)16-8(3-4-10(15)19)12(21)17-5-1-2-9(17)13(22)23/h7-9,18H,1-6,14H2,(H2,15,19)(H,16,20)(H,22,23)/t7-,8-,9+/m0/s1. The van der Waals surface area contributed by atoms with Crippen LogP contribution in [0, 0.1) is 0 Å². The maximum atomic E-state index is 12.5. The third-order valence-electron chi connectivity index (χ3n) is 3.65. The fourth-order valence-corrected chi connectivity index (χ4v) is 2.39. The molecule has 0 aromatic heterocycles. The van der Waals surface area contributed by atoms with Crippen LogP contribution in [0.1, 0.15) is 25.7 Å². The van der Waals surface area contributed by atoms with Crippen molar-refractivity contribution in [2.75, 3.05) is 13.2 Å². The predicted octanol–water partition coefficient (Wildman–Crippen LogP) is -2.87. The first kappa shape index (κ1) is 18.8. The van der Waals surface area contributed by atoms with Crippen LogP contribution in [0.2, 0.25) is 0 Å². The molecule has 1 rings (SSSR count). The average Bonchev–Trinajstić information content (AvgIpc) is 2.99. The Morgan fingerprint density at radius 1 is 1.30 bits per heavy atom. The van der Waals surface area contributed by atoms with Crippen molar-refractivity contribution in [1.29, 1.82) is 0 Å². The maximum Gasteiger partial charge on any atom is 0.326 e. The summed E-state index contributed by atoms with van der Waals surface area (Å²) in [6.07, 6.45) is 0.639. The highest BCUT2D eigenvalue weighted by Crippen LogP contribution is 2.19. The summed E-state index contributed by atoms with van der Waals surface area (Å²) in [5, 5.41) is 20.3. The molecule has 0 radical (unpaired) electrons. The van der Waals surface area contributed by atoms with Crippen molar-refractivity contribution in [3.63, 3.8) is 0 Å². The van der Waals surface area contributed by atoms with Gasteiger partial charge in [0.2, 0.25) is 17.7 Å². The number of aliphatic carboxylic acids is 1. The molecule has 0 aliphatic carbocycles. The van der Waals surface area contributed by atoms with Gasteiger partial charge in [-0.3, -0.25) is 14.4 Å². The number of aliphatic hydroxyl groups is 1. The molecule has 1 fully saturated rings. The molecule has 10 heteroatoms. The summed E-state index contributed by atoms with van der Waals surface area (Å²) in [6.45, 7) is -0.352. The lowest BCUT2D eigenvalue weighted by Crippen LogP contribution is -2.55. The van der Waals surface area contributed by atoms with Crippen molar-refractivity contribution in [2.45, 2.75) is 43.8 Å². The lowest BCUT2D eigenvalue weighted by atomic mass is 10.1. The van der Waals surface area contributed by atoms with Gasteiger partial charge in [-0.25, -0.2) is 4.79 Å². The Balaban J connectivity index is 2.84. The van der Waals surface area contributed by atoms with Crippen LogP contribution in [0.4, 0.5) is 0 Å². The van der Waals surface area contributed by atoms with Gasteiger partial charge in [0.15, 0.2) is 0 Å². The Labute approximate surface area is 132 Å². The molecule has 3 amide bonds. The van der Waals surface area contributed by atoms with Gasteiger partial charge in [-0.15, -0.1) is 0 Å². The van der Waals surface area contributed by atoms with E-state index in [4.69, 9.17) is 21.7 Å². The fraction of sp³-hybridized carbons (Fsp3) is 0.692. The first-order chi connectivity index (χ1) is 10.8. The van der Waals surface area contributed by atoms with Gasteiger partial charge in [-0.2, -0.15) is 0 Å². The molecule has 130 valence electrons. The number of carbonyl (C=O) groups excluding carboxylic acids is 3. The molecule has 0 unspecified atom stereocenters. The molecule has 0 aromatic carbocycles. The van der Waals surface area contributed by atoms with Gasteiger partial charge < -0.3 is 31.9 Å². The molecule has 1 saturated heterocycles. The Morgan fingerprint density at radius 2 is 1.96 bits per heavy atom. The van der Waals surface area contributed by atoms with E-state index in [1.807, 2.05) is 0 Å². The van der Waals surface area contributed by atoms with Crippen molar-refractivity contribution in [1.82, 2.24) is 10.2 Å². The highest BCUT2D eigenvalue weighted by molar-refractivity contribution is 5.92. The highest BCUT2D eigenvalue weighted by Gasteiger charge is 2.37. The number of amides is 3. The van der Waals surface area contributed by atoms with E-state index in [0.717, 1.165) is 0 Å². The van der Waals surface area contributed by atoms with Crippen molar-refractivity contribution in [3.05, 3.63) is 0 Å². The minimum atomic E-state index is -1.22. The number of carbonyl (C=O) groups is 4. The molecule has 23 heavy (non-hydrogen) atoms. The Morgan fingerprint density at radius 3 is 2.48 bits per heavy atom. The largest absolute Gasteiger partial charge is 0.480 e. The van der Waals surface area contributed by atoms with E-state index in [1.54, 1.807) is 0 Å². The number of rotatable bonds is 8. The van der Waals surface area contributed by atoms with E-state index in [-0.39, 0.29) is 19.4 Å². The zero-order valence-electron chi connectivity index (χ0n) is 12.6. The van der Waals surface area contributed by atoms with Gasteiger partial charge in [0.25, 0.3) is 0 Å². The number of nitrogens with one attached hydrogen (secondary N) is 1. The molecular weight excluding hydrogens is 308 g/mol. The number of aliphatic hydroxyl groups excluding tert-OH is 1. The maximum absolute atomic E-state index is 12.5. The Kier molecular flexibility index (Phi) is 6.91. The highest BCUT2D eigenvalue weighted by atomic mass is 16.4. The molecule has 1 aliphatic rings. The molecule has 0 aromatic rings. The number of carboxylic acid groups (broad SMARTS) is 1. The lowest BCUT2D eigenvalue weighted by Gasteiger charge is -2.27. The second-order valence-electron chi connectivity index (χ2n) is 5.38. The molecule has 7 N–H and O–H groups in total. The van der Waals surface area contributed by atoms with Crippen molar-refractivity contribution >= 4 is 23.7 Å². The molecule has 0 spiro atoms. The Bertz CT molecular complexity index is 483. The summed E-state index contributed by atoms with van der Waals surface area (Å²) in [7, 11) is 0. The number of likely N-dealkylation sites (tertiary alicyclic amines) is 1. The van der Waals surface area contributed by atoms with Gasteiger partial charge in [0.05, 0.1) is 6.61 Å². The van der Waals surface area contributed by atoms with Crippen LogP contribution in [-0.4, -0.2) is 70.1 Å². The number of hydrogen-bond donors (Lipinski definition) is 5. The first-order valence-electron chi connectivity index (χ1n) is 7.26. The third kappa shape index (κ3) is 5.18. The van der Waals surface area contributed by atoms with Crippen LogP contribution in [0.5, 0.6) is 0 Å². The summed E-state index contributed by atoms with van der Waals surface area (Å²) >= 11 is 0. The van der Waals surface area contributed by atoms with Crippen molar-refractivity contribution < 1.29 is 29.4 Å². The zero-order chi connectivity index (χ0) is 17.6. The Hall–Kier alpha value is -2.20. The number of nitrogens with two attached hydrogens (primary N) is 2. The second kappa shape index (κ2) is 8.44. The van der Waals surface area contributed by atoms with Crippen molar-refractivity contribution in [2.24, 2.45) is 11.5 Å². The van der Waals surface area contributed by atoms with Crippen molar-refractivity contribution in [3.8, 4) is 0 Å². The molecule has 0 bridgehead atoms. The predicted molar refractivity (Wildman–Crippen MR) is 77.8 cm³/mol. The number of hydrogen-bond acceptors (Lipinski definition) is 6. The van der Waals surface area contributed by atoms with Gasteiger partial charge in [0.1, 0.15) is 18.1 Å². The summed E-state index contributed by atoms with van der Waals surface area (Å²) in [6, 6.07) is -3.29. The van der Waals surface area contributed by atoms with E-state index in [1.165, 1.54) is 4.90 Å². The number of nitrogens with zero attached hydrogens (tertiary/aromatic N) is 1. The van der Waals surface area contributed by atoms with Gasteiger partial charge >= 0.3 is 5.97 Å². The topological polar surface area (TPSA) is 176 Å². The van der Waals surface area contributed by atoms with Crippen LogP contribution >= 0.6 is 0 Å². The summed E-state index contributed by atoms with van der Waals surface area (Å²) in [4.78, 5) is 47.5. The van der Waals surface area contributed by atoms with E-state index in [2.05, 4.69) is 5.32 Å². The monoisotopic (exact) mass is 330 g/mol. The van der Waals surface area contributed by atoms with Crippen LogP contribution in [0.25, 0.3) is 0 Å². The normalized spacial score (nSPS) is 19.9. The fourth-order valence-electron chi connectivity index (χ4n) is 2.39.